The summed E-state index contributed by atoms with van der Waals surface area (Å²) in [5.74, 6) is -0.920. The molecule has 3 N–H and O–H groups in total. The third-order valence-electron chi connectivity index (χ3n) is 5.48. The van der Waals surface area contributed by atoms with Gasteiger partial charge in [-0.05, 0) is 36.8 Å². The topological polar surface area (TPSA) is 151 Å². The van der Waals surface area contributed by atoms with Gasteiger partial charge in [0.1, 0.15) is 23.9 Å². The first-order valence-electron chi connectivity index (χ1n) is 11.5. The number of amides is 2. The van der Waals surface area contributed by atoms with E-state index in [1.165, 1.54) is 49.0 Å². The quantitative estimate of drug-likeness (QED) is 0.267. The molecule has 0 atom stereocenters. The molecule has 3 heterocycles. The predicted molar refractivity (Wildman–Crippen MR) is 143 cm³/mol. The summed E-state index contributed by atoms with van der Waals surface area (Å²) in [6, 6.07) is 9.51. The second kappa shape index (κ2) is 10.8. The van der Waals surface area contributed by atoms with Gasteiger partial charge in [-0.1, -0.05) is 0 Å². The molecule has 0 aliphatic heterocycles. The molecule has 198 valence electrons. The lowest BCUT2D eigenvalue weighted by Crippen LogP contribution is -2.19. The molecule has 11 nitrogen and oxygen atoms in total. The minimum absolute atomic E-state index is 0.000528. The number of hydrogen-bond acceptors (Lipinski definition) is 10. The number of carbonyl (C=O) groups is 2. The van der Waals surface area contributed by atoms with Crippen molar-refractivity contribution in [3.8, 4) is 22.2 Å². The maximum absolute atomic E-state index is 14.7. The summed E-state index contributed by atoms with van der Waals surface area (Å²) in [5.41, 5.74) is 9.00. The van der Waals surface area contributed by atoms with Crippen molar-refractivity contribution in [1.82, 2.24) is 19.9 Å². The Labute approximate surface area is 224 Å². The fourth-order valence-electron chi connectivity index (χ4n) is 3.75. The van der Waals surface area contributed by atoms with Crippen LogP contribution in [0.15, 0.2) is 48.8 Å². The molecule has 3 aromatic heterocycles. The van der Waals surface area contributed by atoms with Gasteiger partial charge in [-0.2, -0.15) is 0 Å². The molecule has 2 amide bonds. The van der Waals surface area contributed by atoms with Gasteiger partial charge in [0.05, 0.1) is 34.6 Å². The standard InChI is InChI=1S/C26H21FN6O5S/c1-13-7-15(23-18(8-13)32-22(36-2)12-30-23)25-33-17-10-16(27)20(11-21(17)39-25)37-5-6-38-26(35)31-14-3-4-29-19(9-14)24(28)34/h3-4,7-12H,5-6H2,1-2H3,(H2,28,34)(H,29,31,35). The largest absolute Gasteiger partial charge is 0.487 e. The lowest BCUT2D eigenvalue weighted by Gasteiger charge is -2.09. The number of primary amides is 1. The Hall–Kier alpha value is -4.91. The highest BCUT2D eigenvalue weighted by Gasteiger charge is 2.16. The highest BCUT2D eigenvalue weighted by atomic mass is 32.1. The van der Waals surface area contributed by atoms with Crippen LogP contribution in [0, 0.1) is 12.7 Å². The number of pyridine rings is 1. The van der Waals surface area contributed by atoms with Crippen LogP contribution in [0.4, 0.5) is 14.9 Å². The molecule has 0 aliphatic carbocycles. The minimum atomic E-state index is -0.783. The molecule has 5 rings (SSSR count). The Bertz CT molecular complexity index is 1730. The summed E-state index contributed by atoms with van der Waals surface area (Å²) in [6.07, 6.45) is 2.08. The number of halogens is 1. The van der Waals surface area contributed by atoms with Crippen LogP contribution >= 0.6 is 11.3 Å². The average molecular weight is 549 g/mol. The summed E-state index contributed by atoms with van der Waals surface area (Å²) in [5, 5.41) is 3.11. The van der Waals surface area contributed by atoms with Gasteiger partial charge in [-0.3, -0.25) is 15.1 Å². The zero-order valence-corrected chi connectivity index (χ0v) is 21.5. The van der Waals surface area contributed by atoms with Gasteiger partial charge in [-0.25, -0.2) is 24.1 Å². The zero-order chi connectivity index (χ0) is 27.5. The summed E-state index contributed by atoms with van der Waals surface area (Å²) >= 11 is 1.37. The Morgan fingerprint density at radius 1 is 1.08 bits per heavy atom. The molecular formula is C26H21FN6O5S. The van der Waals surface area contributed by atoms with E-state index in [2.05, 4.69) is 25.3 Å². The number of ether oxygens (including phenoxy) is 3. The predicted octanol–water partition coefficient (Wildman–Crippen LogP) is 4.48. The third-order valence-corrected chi connectivity index (χ3v) is 6.53. The van der Waals surface area contributed by atoms with Crippen molar-refractivity contribution in [2.24, 2.45) is 5.73 Å². The molecule has 39 heavy (non-hydrogen) atoms. The van der Waals surface area contributed by atoms with E-state index in [1.54, 1.807) is 6.07 Å². The number of methoxy groups -OCH3 is 1. The summed E-state index contributed by atoms with van der Waals surface area (Å²) in [4.78, 5) is 40.6. The molecule has 0 saturated heterocycles. The molecule has 0 fully saturated rings. The number of fused-ring (bicyclic) bond motifs is 2. The Morgan fingerprint density at radius 3 is 2.72 bits per heavy atom. The molecule has 0 saturated carbocycles. The second-order valence-corrected chi connectivity index (χ2v) is 9.30. The maximum Gasteiger partial charge on any atom is 0.411 e. The van der Waals surface area contributed by atoms with E-state index >= 15 is 0 Å². The van der Waals surface area contributed by atoms with Gasteiger partial charge in [-0.15, -0.1) is 11.3 Å². The van der Waals surface area contributed by atoms with Crippen LogP contribution in [-0.4, -0.2) is 52.3 Å². The fraction of sp³-hybridized carbons (Fsp3) is 0.154. The van der Waals surface area contributed by atoms with E-state index in [0.717, 1.165) is 11.1 Å². The Balaban J connectivity index is 1.27. The normalized spacial score (nSPS) is 10.9. The van der Waals surface area contributed by atoms with Crippen molar-refractivity contribution in [3.05, 3.63) is 65.9 Å². The van der Waals surface area contributed by atoms with Gasteiger partial charge >= 0.3 is 6.09 Å². The number of hydrogen-bond donors (Lipinski definition) is 2. The number of benzene rings is 2. The van der Waals surface area contributed by atoms with E-state index in [0.29, 0.717) is 32.1 Å². The number of carbonyl (C=O) groups excluding carboxylic acids is 2. The smallest absolute Gasteiger partial charge is 0.411 e. The van der Waals surface area contributed by atoms with E-state index < -0.39 is 17.8 Å². The number of thiazole rings is 1. The number of aromatic nitrogens is 4. The van der Waals surface area contributed by atoms with E-state index in [-0.39, 0.29) is 30.3 Å². The highest BCUT2D eigenvalue weighted by Crippen LogP contribution is 2.37. The molecule has 2 aromatic carbocycles. The van der Waals surface area contributed by atoms with Gasteiger partial charge < -0.3 is 19.9 Å². The second-order valence-electron chi connectivity index (χ2n) is 8.27. The van der Waals surface area contributed by atoms with Crippen LogP contribution in [0.1, 0.15) is 16.1 Å². The fourth-order valence-corrected chi connectivity index (χ4v) is 4.74. The third kappa shape index (κ3) is 5.67. The van der Waals surface area contributed by atoms with Crippen molar-refractivity contribution in [3.63, 3.8) is 0 Å². The van der Waals surface area contributed by atoms with Crippen LogP contribution in [0.25, 0.3) is 31.8 Å². The number of anilines is 1. The molecule has 5 aromatic rings. The van der Waals surface area contributed by atoms with Gasteiger partial charge in [0.25, 0.3) is 5.91 Å². The van der Waals surface area contributed by atoms with Crippen LogP contribution in [-0.2, 0) is 4.74 Å². The van der Waals surface area contributed by atoms with Crippen molar-refractivity contribution >= 4 is 50.3 Å². The van der Waals surface area contributed by atoms with E-state index in [1.807, 2.05) is 19.1 Å². The Morgan fingerprint density at radius 2 is 1.92 bits per heavy atom. The number of aryl methyl sites for hydroxylation is 1. The van der Waals surface area contributed by atoms with Gasteiger partial charge in [0.15, 0.2) is 11.6 Å². The summed E-state index contributed by atoms with van der Waals surface area (Å²) in [7, 11) is 1.53. The molecule has 13 heteroatoms. The number of nitrogens with zero attached hydrogens (tertiary/aromatic N) is 4. The SMILES string of the molecule is COc1cnc2c(-c3nc4cc(F)c(OCCOC(=O)Nc5ccnc(C(N)=O)c5)cc4s3)cc(C)cc2n1. The van der Waals surface area contributed by atoms with E-state index in [4.69, 9.17) is 19.9 Å². The molecule has 0 bridgehead atoms. The molecule has 0 spiro atoms. The highest BCUT2D eigenvalue weighted by molar-refractivity contribution is 7.21. The van der Waals surface area contributed by atoms with Crippen LogP contribution in [0.3, 0.4) is 0 Å². The molecule has 0 radical (unpaired) electrons. The first-order chi connectivity index (χ1) is 18.8. The van der Waals surface area contributed by atoms with Crippen molar-refractivity contribution in [1.29, 1.82) is 0 Å². The van der Waals surface area contributed by atoms with Crippen LogP contribution < -0.4 is 20.5 Å². The first-order valence-corrected chi connectivity index (χ1v) is 12.4. The number of rotatable bonds is 8. The van der Waals surface area contributed by atoms with Crippen LogP contribution in [0.5, 0.6) is 11.6 Å². The summed E-state index contributed by atoms with van der Waals surface area (Å²) in [6.45, 7) is 1.70. The molecular weight excluding hydrogens is 527 g/mol. The van der Waals surface area contributed by atoms with Crippen LogP contribution in [0.2, 0.25) is 0 Å². The van der Waals surface area contributed by atoms with Crippen molar-refractivity contribution < 1.29 is 28.2 Å². The van der Waals surface area contributed by atoms with Gasteiger partial charge in [0, 0.05) is 29.6 Å². The zero-order valence-electron chi connectivity index (χ0n) is 20.7. The van der Waals surface area contributed by atoms with E-state index in [9.17, 15) is 14.0 Å². The minimum Gasteiger partial charge on any atom is -0.487 e. The molecule has 0 unspecified atom stereocenters. The number of nitrogens with one attached hydrogen (secondary N) is 1. The number of nitrogens with two attached hydrogens (primary N) is 1. The molecule has 0 aliphatic rings. The summed E-state index contributed by atoms with van der Waals surface area (Å²) < 4.78 is 31.2. The Kier molecular flexibility index (Phi) is 7.14. The maximum atomic E-state index is 14.7. The monoisotopic (exact) mass is 548 g/mol. The lowest BCUT2D eigenvalue weighted by molar-refractivity contribution is 0.0995. The van der Waals surface area contributed by atoms with Crippen molar-refractivity contribution in [2.45, 2.75) is 6.92 Å². The van der Waals surface area contributed by atoms with Gasteiger partial charge in [0.2, 0.25) is 5.88 Å². The van der Waals surface area contributed by atoms with Crippen molar-refractivity contribution in [2.75, 3.05) is 25.6 Å². The lowest BCUT2D eigenvalue weighted by atomic mass is 10.1. The average Bonchev–Trinajstić information content (AvgIpc) is 3.32. The first kappa shape index (κ1) is 25.7.